The van der Waals surface area contributed by atoms with Crippen LogP contribution in [0.15, 0.2) is 47.6 Å². The molecule has 2 N–H and O–H groups in total. The first-order valence-corrected chi connectivity index (χ1v) is 6.35. The number of rotatable bonds is 4. The number of hydrazone groups is 1. The fourth-order valence-electron chi connectivity index (χ4n) is 1.69. The van der Waals surface area contributed by atoms with Crippen molar-refractivity contribution in [3.05, 3.63) is 69.3 Å². The van der Waals surface area contributed by atoms with E-state index in [-0.39, 0.29) is 17.0 Å². The fraction of sp³-hybridized carbons (Fsp3) is 0.0667. The molecule has 0 fully saturated rings. The van der Waals surface area contributed by atoms with Crippen LogP contribution in [0.1, 0.15) is 21.5 Å². The molecule has 0 saturated carbocycles. The first kappa shape index (κ1) is 15.2. The van der Waals surface area contributed by atoms with Crippen LogP contribution in [-0.4, -0.2) is 22.2 Å². The molecule has 0 atom stereocenters. The van der Waals surface area contributed by atoms with Crippen LogP contribution in [-0.2, 0) is 0 Å². The second-order valence-corrected chi connectivity index (χ2v) is 4.57. The molecule has 2 aromatic carbocycles. The Kier molecular flexibility index (Phi) is 4.47. The first-order chi connectivity index (χ1) is 10.5. The minimum atomic E-state index is -0.582. The van der Waals surface area contributed by atoms with Gasteiger partial charge in [-0.2, -0.15) is 5.10 Å². The number of aromatic hydroxyl groups is 1. The van der Waals surface area contributed by atoms with E-state index in [9.17, 15) is 20.0 Å². The number of phenols is 1. The Labute approximate surface area is 126 Å². The van der Waals surface area contributed by atoms with Gasteiger partial charge in [0.2, 0.25) is 0 Å². The number of benzene rings is 2. The molecule has 2 aromatic rings. The summed E-state index contributed by atoms with van der Waals surface area (Å²) in [6.45, 7) is 1.91. The number of non-ortho nitro benzene ring substituents is 1. The molecule has 22 heavy (non-hydrogen) atoms. The number of phenolic OH excluding ortho intramolecular Hbond substituents is 1. The van der Waals surface area contributed by atoms with Crippen LogP contribution < -0.4 is 5.43 Å². The summed E-state index contributed by atoms with van der Waals surface area (Å²) < 4.78 is 0. The van der Waals surface area contributed by atoms with Gasteiger partial charge in [-0.3, -0.25) is 14.9 Å². The minimum Gasteiger partial charge on any atom is -0.507 e. The Morgan fingerprint density at radius 2 is 1.95 bits per heavy atom. The first-order valence-electron chi connectivity index (χ1n) is 6.35. The zero-order valence-corrected chi connectivity index (χ0v) is 11.7. The summed E-state index contributed by atoms with van der Waals surface area (Å²) in [4.78, 5) is 21.9. The summed E-state index contributed by atoms with van der Waals surface area (Å²) in [7, 11) is 0. The molecule has 1 amide bonds. The van der Waals surface area contributed by atoms with Crippen molar-refractivity contribution in [2.45, 2.75) is 6.92 Å². The topological polar surface area (TPSA) is 105 Å². The summed E-state index contributed by atoms with van der Waals surface area (Å²) in [5.41, 5.74) is 3.72. The SMILES string of the molecule is Cc1ccc(C(=O)NN=Cc2cc([N+](=O)[O-])ccc2O)cc1. The zero-order valence-electron chi connectivity index (χ0n) is 11.7. The average Bonchev–Trinajstić information content (AvgIpc) is 2.49. The summed E-state index contributed by atoms with van der Waals surface area (Å²) in [5.74, 6) is -0.583. The lowest BCUT2D eigenvalue weighted by atomic mass is 10.1. The number of nitrogens with one attached hydrogen (secondary N) is 1. The fourth-order valence-corrected chi connectivity index (χ4v) is 1.69. The Hall–Kier alpha value is -3.22. The normalized spacial score (nSPS) is 10.6. The average molecular weight is 299 g/mol. The van der Waals surface area contributed by atoms with Crippen molar-refractivity contribution in [2.75, 3.05) is 0 Å². The molecule has 0 unspecified atom stereocenters. The van der Waals surface area contributed by atoms with Gasteiger partial charge in [-0.1, -0.05) is 17.7 Å². The van der Waals surface area contributed by atoms with E-state index in [1.165, 1.54) is 12.1 Å². The molecule has 2 rings (SSSR count). The van der Waals surface area contributed by atoms with E-state index in [1.54, 1.807) is 24.3 Å². The van der Waals surface area contributed by atoms with Gasteiger partial charge in [0, 0.05) is 23.3 Å². The molecule has 7 heteroatoms. The predicted octanol–water partition coefficient (Wildman–Crippen LogP) is 2.37. The standard InChI is InChI=1S/C15H13N3O4/c1-10-2-4-11(5-3-10)15(20)17-16-9-12-8-13(18(21)22)6-7-14(12)19/h2-9,19H,1H3,(H,17,20). The van der Waals surface area contributed by atoms with Crippen molar-refractivity contribution in [3.8, 4) is 5.75 Å². The van der Waals surface area contributed by atoms with Crippen molar-refractivity contribution in [1.29, 1.82) is 0 Å². The molecule has 0 aliphatic heterocycles. The molecule has 0 aliphatic carbocycles. The van der Waals surface area contributed by atoms with Crippen LogP contribution in [0, 0.1) is 17.0 Å². The second-order valence-electron chi connectivity index (χ2n) is 4.57. The highest BCUT2D eigenvalue weighted by Gasteiger charge is 2.09. The molecule has 0 aliphatic rings. The monoisotopic (exact) mass is 299 g/mol. The molecule has 0 bridgehead atoms. The lowest BCUT2D eigenvalue weighted by molar-refractivity contribution is -0.384. The van der Waals surface area contributed by atoms with Crippen molar-refractivity contribution in [3.63, 3.8) is 0 Å². The third-order valence-electron chi connectivity index (χ3n) is 2.91. The van der Waals surface area contributed by atoms with E-state index in [0.717, 1.165) is 17.8 Å². The summed E-state index contributed by atoms with van der Waals surface area (Å²) >= 11 is 0. The molecule has 0 heterocycles. The van der Waals surface area contributed by atoms with Crippen LogP contribution >= 0.6 is 0 Å². The number of aryl methyl sites for hydroxylation is 1. The zero-order chi connectivity index (χ0) is 16.1. The highest BCUT2D eigenvalue weighted by molar-refractivity contribution is 5.95. The maximum atomic E-state index is 11.8. The minimum absolute atomic E-state index is 0.137. The van der Waals surface area contributed by atoms with Gasteiger partial charge in [0.25, 0.3) is 11.6 Å². The smallest absolute Gasteiger partial charge is 0.271 e. The van der Waals surface area contributed by atoms with E-state index in [0.29, 0.717) is 5.56 Å². The van der Waals surface area contributed by atoms with E-state index < -0.39 is 10.8 Å². The third kappa shape index (κ3) is 3.66. The quantitative estimate of drug-likeness (QED) is 0.513. The predicted molar refractivity (Wildman–Crippen MR) is 81.0 cm³/mol. The van der Waals surface area contributed by atoms with E-state index in [4.69, 9.17) is 0 Å². The molecular formula is C15H13N3O4. The summed E-state index contributed by atoms with van der Waals surface area (Å²) in [6, 6.07) is 10.4. The van der Waals surface area contributed by atoms with E-state index in [1.807, 2.05) is 6.92 Å². The van der Waals surface area contributed by atoms with Gasteiger partial charge >= 0.3 is 0 Å². The Bertz CT molecular complexity index is 739. The Balaban J connectivity index is 2.09. The van der Waals surface area contributed by atoms with E-state index >= 15 is 0 Å². The maximum Gasteiger partial charge on any atom is 0.271 e. The summed E-state index contributed by atoms with van der Waals surface area (Å²) in [5, 5.41) is 24.0. The number of carbonyl (C=O) groups excluding carboxylic acids is 1. The van der Waals surface area contributed by atoms with Gasteiger partial charge in [-0.25, -0.2) is 5.43 Å². The van der Waals surface area contributed by atoms with Gasteiger partial charge in [-0.15, -0.1) is 0 Å². The van der Waals surface area contributed by atoms with Gasteiger partial charge < -0.3 is 5.11 Å². The Morgan fingerprint density at radius 3 is 2.59 bits per heavy atom. The van der Waals surface area contributed by atoms with Crippen LogP contribution in [0.5, 0.6) is 5.75 Å². The molecule has 112 valence electrons. The highest BCUT2D eigenvalue weighted by atomic mass is 16.6. The molecule has 7 nitrogen and oxygen atoms in total. The lowest BCUT2D eigenvalue weighted by Crippen LogP contribution is -2.17. The number of hydrogen-bond donors (Lipinski definition) is 2. The van der Waals surface area contributed by atoms with Crippen LogP contribution in [0.4, 0.5) is 5.69 Å². The summed E-state index contributed by atoms with van der Waals surface area (Å²) in [6.07, 6.45) is 1.15. The van der Waals surface area contributed by atoms with Crippen LogP contribution in [0.2, 0.25) is 0 Å². The Morgan fingerprint density at radius 1 is 1.27 bits per heavy atom. The maximum absolute atomic E-state index is 11.8. The number of nitrogens with zero attached hydrogens (tertiary/aromatic N) is 2. The second kappa shape index (κ2) is 6.49. The van der Waals surface area contributed by atoms with Gasteiger partial charge in [0.05, 0.1) is 11.1 Å². The largest absolute Gasteiger partial charge is 0.507 e. The molecular weight excluding hydrogens is 286 g/mol. The van der Waals surface area contributed by atoms with Crippen molar-refractivity contribution in [1.82, 2.24) is 5.43 Å². The highest BCUT2D eigenvalue weighted by Crippen LogP contribution is 2.21. The molecule has 0 saturated heterocycles. The van der Waals surface area contributed by atoms with Crippen LogP contribution in [0.25, 0.3) is 0 Å². The number of amides is 1. The van der Waals surface area contributed by atoms with Crippen molar-refractivity contribution in [2.24, 2.45) is 5.10 Å². The molecule has 0 radical (unpaired) electrons. The van der Waals surface area contributed by atoms with E-state index in [2.05, 4.69) is 10.5 Å². The lowest BCUT2D eigenvalue weighted by Gasteiger charge is -2.01. The molecule has 0 aromatic heterocycles. The van der Waals surface area contributed by atoms with Crippen LogP contribution in [0.3, 0.4) is 0 Å². The number of nitro groups is 1. The van der Waals surface area contributed by atoms with Crippen molar-refractivity contribution >= 4 is 17.8 Å². The third-order valence-corrected chi connectivity index (χ3v) is 2.91. The van der Waals surface area contributed by atoms with Gasteiger partial charge in [-0.05, 0) is 25.1 Å². The number of nitro benzene ring substituents is 1. The molecule has 0 spiro atoms. The van der Waals surface area contributed by atoms with Crippen molar-refractivity contribution < 1.29 is 14.8 Å². The van der Waals surface area contributed by atoms with Gasteiger partial charge in [0.1, 0.15) is 5.75 Å². The number of hydrogen-bond acceptors (Lipinski definition) is 5. The van der Waals surface area contributed by atoms with Gasteiger partial charge in [0.15, 0.2) is 0 Å². The number of carbonyl (C=O) groups is 1.